The summed E-state index contributed by atoms with van der Waals surface area (Å²) in [5, 5.41) is 13.0. The van der Waals surface area contributed by atoms with Gasteiger partial charge in [0.25, 0.3) is 11.8 Å². The highest BCUT2D eigenvalue weighted by atomic mass is 32.1. The summed E-state index contributed by atoms with van der Waals surface area (Å²) in [7, 11) is 0. The third-order valence-corrected chi connectivity index (χ3v) is 11.6. The van der Waals surface area contributed by atoms with Crippen molar-refractivity contribution < 1.29 is 9.21 Å². The lowest BCUT2D eigenvalue weighted by Crippen LogP contribution is -2.21. The molecule has 1 N–H and O–H groups in total. The third-order valence-electron chi connectivity index (χ3n) is 7.33. The number of hydrogen-bond donors (Lipinski definition) is 1. The first-order valence-corrected chi connectivity index (χ1v) is 19.1. The number of rotatable bonds is 7. The van der Waals surface area contributed by atoms with E-state index in [0.717, 1.165) is 9.75 Å². The molecule has 0 atom stereocenters. The van der Waals surface area contributed by atoms with Crippen LogP contribution in [0.15, 0.2) is 28.0 Å². The number of carbonyl (C=O) groups is 1. The number of nitrogens with zero attached hydrogens (tertiary/aromatic N) is 2. The van der Waals surface area contributed by atoms with Crippen LogP contribution in [0.4, 0.5) is 0 Å². The second-order valence-corrected chi connectivity index (χ2v) is 18.2. The first-order chi connectivity index (χ1) is 21.2. The van der Waals surface area contributed by atoms with Gasteiger partial charge < -0.3 is 9.73 Å². The Hall–Kier alpha value is -2.29. The van der Waals surface area contributed by atoms with E-state index in [-0.39, 0.29) is 16.7 Å². The molecule has 0 saturated carbocycles. The SMILES string of the molecule is CC(C)c1ccsc1C(C)C.CCNC(=O)c1cc(C(C)(C)C)c(C(C)(C)C)s1.Cc1nnc(-c2cc(C(C)C)c(C(C)C)s2)o1. The number of aryl methyl sites for hydroxylation is 1. The molecule has 0 saturated heterocycles. The minimum atomic E-state index is 0.0449. The molecule has 0 aliphatic carbocycles. The van der Waals surface area contributed by atoms with Crippen LogP contribution in [0, 0.1) is 6.92 Å². The monoisotopic (exact) mass is 685 g/mol. The number of thiophene rings is 3. The molecule has 0 radical (unpaired) electrons. The second-order valence-electron chi connectivity index (χ2n) is 15.1. The van der Waals surface area contributed by atoms with Gasteiger partial charge in [0.2, 0.25) is 5.89 Å². The van der Waals surface area contributed by atoms with Gasteiger partial charge in [-0.2, -0.15) is 0 Å². The largest absolute Gasteiger partial charge is 0.420 e. The fourth-order valence-corrected chi connectivity index (χ4v) is 8.62. The Morgan fingerprint density at radius 2 is 1.39 bits per heavy atom. The van der Waals surface area contributed by atoms with Crippen LogP contribution in [0.2, 0.25) is 0 Å². The van der Waals surface area contributed by atoms with Crippen molar-refractivity contribution in [1.29, 1.82) is 0 Å². The third kappa shape index (κ3) is 10.9. The van der Waals surface area contributed by atoms with E-state index in [1.54, 1.807) is 27.6 Å². The van der Waals surface area contributed by atoms with Gasteiger partial charge in [0.05, 0.1) is 9.75 Å². The molecule has 46 heavy (non-hydrogen) atoms. The Kier molecular flexibility index (Phi) is 14.5. The average molecular weight is 686 g/mol. The van der Waals surface area contributed by atoms with Crippen molar-refractivity contribution in [3.05, 3.63) is 65.7 Å². The van der Waals surface area contributed by atoms with Gasteiger partial charge in [-0.3, -0.25) is 4.79 Å². The summed E-state index contributed by atoms with van der Waals surface area (Å²) >= 11 is 5.28. The normalized spacial score (nSPS) is 12.0. The molecule has 256 valence electrons. The summed E-state index contributed by atoms with van der Waals surface area (Å²) in [6.07, 6.45) is 0. The standard InChI is InChI=1S/C15H25NOS.C13H18N2OS.C10H16S/c1-8-16-13(17)11-9-10(14(2,3)4)12(18-11)15(5,6)7;1-7(2)10-6-11(17-12(10)8(3)4)13-15-14-9(5)16-13;1-7(2)9-5-6-11-10(9)8(3)4/h9H,8H2,1-7H3,(H,16,17);6-8H,1-5H3;5-8H,1-4H3. The van der Waals surface area contributed by atoms with Crippen molar-refractivity contribution >= 4 is 39.9 Å². The van der Waals surface area contributed by atoms with Gasteiger partial charge in [0.15, 0.2) is 0 Å². The van der Waals surface area contributed by atoms with E-state index in [0.29, 0.717) is 42.0 Å². The number of aromatic nitrogens is 2. The molecule has 0 aliphatic heterocycles. The Morgan fingerprint density at radius 1 is 0.804 bits per heavy atom. The zero-order chi connectivity index (χ0) is 35.1. The van der Waals surface area contributed by atoms with E-state index in [4.69, 9.17) is 4.42 Å². The smallest absolute Gasteiger partial charge is 0.261 e. The van der Waals surface area contributed by atoms with E-state index < -0.39 is 0 Å². The van der Waals surface area contributed by atoms with Crippen molar-refractivity contribution in [3.63, 3.8) is 0 Å². The van der Waals surface area contributed by atoms with Crippen molar-refractivity contribution in [2.45, 2.75) is 145 Å². The minimum absolute atomic E-state index is 0.0449. The first-order valence-electron chi connectivity index (χ1n) is 16.6. The average Bonchev–Trinajstić information content (AvgIpc) is 3.73. The summed E-state index contributed by atoms with van der Waals surface area (Å²) in [5.41, 5.74) is 4.38. The van der Waals surface area contributed by atoms with E-state index in [9.17, 15) is 4.79 Å². The Labute approximate surface area is 291 Å². The van der Waals surface area contributed by atoms with E-state index in [1.165, 1.54) is 26.4 Å². The molecule has 0 fully saturated rings. The maximum absolute atomic E-state index is 12.0. The second kappa shape index (κ2) is 16.7. The van der Waals surface area contributed by atoms with Gasteiger partial charge in [-0.25, -0.2) is 0 Å². The lowest BCUT2D eigenvalue weighted by Gasteiger charge is -2.26. The van der Waals surface area contributed by atoms with Crippen LogP contribution in [0.5, 0.6) is 0 Å². The summed E-state index contributed by atoms with van der Waals surface area (Å²) in [6.45, 7) is 35.6. The predicted molar refractivity (Wildman–Crippen MR) is 203 cm³/mol. The zero-order valence-electron chi connectivity index (χ0n) is 31.3. The van der Waals surface area contributed by atoms with Crippen LogP contribution in [0.3, 0.4) is 0 Å². The number of nitrogens with one attached hydrogen (secondary N) is 1. The highest BCUT2D eigenvalue weighted by Crippen LogP contribution is 2.40. The summed E-state index contributed by atoms with van der Waals surface area (Å²) in [6, 6.07) is 6.51. The summed E-state index contributed by atoms with van der Waals surface area (Å²) in [4.78, 5) is 18.2. The molecule has 0 aliphatic rings. The van der Waals surface area contributed by atoms with Crippen LogP contribution >= 0.6 is 34.0 Å². The zero-order valence-corrected chi connectivity index (χ0v) is 33.7. The molecule has 4 aromatic rings. The van der Waals surface area contributed by atoms with E-state index in [1.807, 2.05) is 25.2 Å². The van der Waals surface area contributed by atoms with Crippen LogP contribution in [0.25, 0.3) is 10.8 Å². The predicted octanol–water partition coefficient (Wildman–Crippen LogP) is 12.4. The number of carbonyl (C=O) groups excluding carboxylic acids is 1. The molecule has 5 nitrogen and oxygen atoms in total. The maximum Gasteiger partial charge on any atom is 0.261 e. The lowest BCUT2D eigenvalue weighted by molar-refractivity contribution is 0.0959. The quantitative estimate of drug-likeness (QED) is 0.210. The van der Waals surface area contributed by atoms with Gasteiger partial charge in [-0.15, -0.1) is 44.2 Å². The molecular formula is C38H59N3O2S3. The van der Waals surface area contributed by atoms with Gasteiger partial charge in [0.1, 0.15) is 0 Å². The van der Waals surface area contributed by atoms with Crippen molar-refractivity contribution in [1.82, 2.24) is 15.5 Å². The van der Waals surface area contributed by atoms with Crippen molar-refractivity contribution in [3.8, 4) is 10.8 Å². The van der Waals surface area contributed by atoms with E-state index in [2.05, 4.69) is 136 Å². The molecule has 1 amide bonds. The summed E-state index contributed by atoms with van der Waals surface area (Å²) in [5.74, 6) is 3.73. The molecule has 4 aromatic heterocycles. The van der Waals surface area contributed by atoms with Crippen LogP contribution in [0.1, 0.15) is 174 Å². The van der Waals surface area contributed by atoms with E-state index >= 15 is 0 Å². The molecule has 0 bridgehead atoms. The Morgan fingerprint density at radius 3 is 1.76 bits per heavy atom. The minimum Gasteiger partial charge on any atom is -0.420 e. The molecule has 0 spiro atoms. The maximum atomic E-state index is 12.0. The van der Waals surface area contributed by atoms with Crippen LogP contribution in [-0.2, 0) is 10.8 Å². The van der Waals surface area contributed by atoms with Gasteiger partial charge >= 0.3 is 0 Å². The fourth-order valence-electron chi connectivity index (χ4n) is 4.97. The highest BCUT2D eigenvalue weighted by molar-refractivity contribution is 7.15. The molecule has 8 heteroatoms. The van der Waals surface area contributed by atoms with Gasteiger partial charge in [-0.1, -0.05) is 96.9 Å². The van der Waals surface area contributed by atoms with Gasteiger partial charge in [0, 0.05) is 28.1 Å². The molecule has 4 rings (SSSR count). The fraction of sp³-hybridized carbons (Fsp3) is 0.605. The van der Waals surface area contributed by atoms with Crippen LogP contribution in [-0.4, -0.2) is 22.6 Å². The molecule has 0 unspecified atom stereocenters. The Bertz CT molecular complexity index is 1440. The topological polar surface area (TPSA) is 68.0 Å². The van der Waals surface area contributed by atoms with Crippen LogP contribution < -0.4 is 5.32 Å². The highest BCUT2D eigenvalue weighted by Gasteiger charge is 2.29. The molecule has 4 heterocycles. The Balaban J connectivity index is 0.000000247. The number of hydrogen-bond acceptors (Lipinski definition) is 7. The first kappa shape index (κ1) is 39.9. The lowest BCUT2D eigenvalue weighted by atomic mass is 9.81. The van der Waals surface area contributed by atoms with Crippen molar-refractivity contribution in [2.24, 2.45) is 0 Å². The number of amides is 1. The summed E-state index contributed by atoms with van der Waals surface area (Å²) < 4.78 is 5.49. The molecule has 0 aromatic carbocycles. The van der Waals surface area contributed by atoms with Crippen molar-refractivity contribution in [2.75, 3.05) is 6.54 Å². The molecular weight excluding hydrogens is 627 g/mol. The van der Waals surface area contributed by atoms with Gasteiger partial charge in [-0.05, 0) is 81.7 Å².